The van der Waals surface area contributed by atoms with Gasteiger partial charge >= 0.3 is 0 Å². The van der Waals surface area contributed by atoms with Crippen LogP contribution in [-0.4, -0.2) is 0 Å². The first-order valence-electron chi connectivity index (χ1n) is 5.51. The molecule has 0 bridgehead atoms. The van der Waals surface area contributed by atoms with Crippen LogP contribution in [0.3, 0.4) is 0 Å². The predicted octanol–water partition coefficient (Wildman–Crippen LogP) is 3.86. The van der Waals surface area contributed by atoms with Gasteiger partial charge in [-0.1, -0.05) is 29.8 Å². The topological polar surface area (TPSA) is 26.0 Å². The van der Waals surface area contributed by atoms with Crippen LogP contribution in [0.1, 0.15) is 17.2 Å². The zero-order valence-corrected chi connectivity index (χ0v) is 10.3. The minimum Gasteiger partial charge on any atom is -0.324 e. The van der Waals surface area contributed by atoms with Gasteiger partial charge in [0, 0.05) is 6.04 Å². The molecule has 1 nitrogen and oxygen atoms in total. The van der Waals surface area contributed by atoms with Gasteiger partial charge in [0.1, 0.15) is 11.6 Å². The molecule has 0 fully saturated rings. The molecule has 0 amide bonds. The van der Waals surface area contributed by atoms with Crippen LogP contribution in [0.2, 0.25) is 5.02 Å². The van der Waals surface area contributed by atoms with E-state index in [1.54, 1.807) is 18.2 Å². The molecule has 2 N–H and O–H groups in total. The SMILES string of the molecule is NC(Cc1ccc(Cl)c(F)c1)c1ccc(F)cc1. The normalized spacial score (nSPS) is 12.4. The molecule has 0 radical (unpaired) electrons. The lowest BCUT2D eigenvalue weighted by molar-refractivity contribution is 0.620. The lowest BCUT2D eigenvalue weighted by Gasteiger charge is -2.12. The number of hydrogen-bond donors (Lipinski definition) is 1. The number of hydrogen-bond acceptors (Lipinski definition) is 1. The maximum Gasteiger partial charge on any atom is 0.142 e. The van der Waals surface area contributed by atoms with Crippen LogP contribution < -0.4 is 5.73 Å². The maximum atomic E-state index is 13.3. The first-order chi connectivity index (χ1) is 8.56. The molecule has 2 rings (SSSR count). The Labute approximate surface area is 109 Å². The van der Waals surface area contributed by atoms with Crippen LogP contribution in [0.4, 0.5) is 8.78 Å². The van der Waals surface area contributed by atoms with Crippen LogP contribution in [0.25, 0.3) is 0 Å². The Kier molecular flexibility index (Phi) is 3.94. The molecule has 0 saturated carbocycles. The van der Waals surface area contributed by atoms with Gasteiger partial charge in [0.15, 0.2) is 0 Å². The standard InChI is InChI=1S/C14H12ClF2N/c15-12-6-1-9(7-13(12)17)8-14(18)10-2-4-11(16)5-3-10/h1-7,14H,8,18H2. The molecule has 94 valence electrons. The molecule has 1 unspecified atom stereocenters. The summed E-state index contributed by atoms with van der Waals surface area (Å²) in [5.74, 6) is -0.760. The highest BCUT2D eigenvalue weighted by atomic mass is 35.5. The number of nitrogens with two attached hydrogens (primary N) is 1. The average Bonchev–Trinajstić information content (AvgIpc) is 2.34. The summed E-state index contributed by atoms with van der Waals surface area (Å²) in [4.78, 5) is 0. The highest BCUT2D eigenvalue weighted by Gasteiger charge is 2.09. The Morgan fingerprint density at radius 3 is 2.33 bits per heavy atom. The Bertz CT molecular complexity index is 540. The fraction of sp³-hybridized carbons (Fsp3) is 0.143. The second-order valence-corrected chi connectivity index (χ2v) is 4.52. The summed E-state index contributed by atoms with van der Waals surface area (Å²) in [7, 11) is 0. The molecule has 2 aromatic carbocycles. The highest BCUT2D eigenvalue weighted by molar-refractivity contribution is 6.30. The van der Waals surface area contributed by atoms with Crippen molar-refractivity contribution in [2.75, 3.05) is 0 Å². The van der Waals surface area contributed by atoms with Crippen molar-refractivity contribution in [2.24, 2.45) is 5.73 Å². The van der Waals surface area contributed by atoms with E-state index in [2.05, 4.69) is 0 Å². The molecule has 0 spiro atoms. The third-order valence-corrected chi connectivity index (χ3v) is 3.04. The van der Waals surface area contributed by atoms with E-state index >= 15 is 0 Å². The number of benzene rings is 2. The Balaban J connectivity index is 2.13. The second kappa shape index (κ2) is 5.46. The molecule has 0 aliphatic carbocycles. The van der Waals surface area contributed by atoms with Gasteiger partial charge in [-0.3, -0.25) is 0 Å². The fourth-order valence-electron chi connectivity index (χ4n) is 1.75. The zero-order chi connectivity index (χ0) is 13.1. The maximum absolute atomic E-state index is 13.3. The van der Waals surface area contributed by atoms with Crippen molar-refractivity contribution < 1.29 is 8.78 Å². The van der Waals surface area contributed by atoms with E-state index in [0.29, 0.717) is 6.42 Å². The summed E-state index contributed by atoms with van der Waals surface area (Å²) in [6.45, 7) is 0. The van der Waals surface area contributed by atoms with Crippen molar-refractivity contribution in [2.45, 2.75) is 12.5 Å². The Hall–Kier alpha value is -1.45. The molecule has 0 aliphatic heterocycles. The predicted molar refractivity (Wildman–Crippen MR) is 68.4 cm³/mol. The van der Waals surface area contributed by atoms with Crippen molar-refractivity contribution in [1.29, 1.82) is 0 Å². The van der Waals surface area contributed by atoms with Crippen molar-refractivity contribution in [3.8, 4) is 0 Å². The smallest absolute Gasteiger partial charge is 0.142 e. The minimum atomic E-state index is -0.458. The Morgan fingerprint density at radius 1 is 1.06 bits per heavy atom. The molecule has 2 aromatic rings. The minimum absolute atomic E-state index is 0.0918. The molecule has 18 heavy (non-hydrogen) atoms. The van der Waals surface area contributed by atoms with Crippen molar-refractivity contribution in [3.05, 3.63) is 70.2 Å². The van der Waals surface area contributed by atoms with Crippen LogP contribution in [0.15, 0.2) is 42.5 Å². The molecule has 0 aliphatic rings. The largest absolute Gasteiger partial charge is 0.324 e. The van der Waals surface area contributed by atoms with E-state index in [4.69, 9.17) is 17.3 Å². The highest BCUT2D eigenvalue weighted by Crippen LogP contribution is 2.20. The van der Waals surface area contributed by atoms with Gasteiger partial charge in [0.05, 0.1) is 5.02 Å². The lowest BCUT2D eigenvalue weighted by atomic mass is 10.00. The van der Waals surface area contributed by atoms with Crippen LogP contribution >= 0.6 is 11.6 Å². The van der Waals surface area contributed by atoms with Crippen molar-refractivity contribution >= 4 is 11.6 Å². The molecule has 0 saturated heterocycles. The molecule has 4 heteroatoms. The zero-order valence-electron chi connectivity index (χ0n) is 9.54. The number of halogens is 3. The lowest BCUT2D eigenvalue weighted by Crippen LogP contribution is -2.13. The summed E-state index contributed by atoms with van der Waals surface area (Å²) in [5.41, 5.74) is 7.56. The summed E-state index contributed by atoms with van der Waals surface area (Å²) in [6.07, 6.45) is 0.472. The summed E-state index contributed by atoms with van der Waals surface area (Å²) < 4.78 is 26.0. The average molecular weight is 268 g/mol. The van der Waals surface area contributed by atoms with Gasteiger partial charge in [-0.05, 0) is 41.8 Å². The van der Waals surface area contributed by atoms with Gasteiger partial charge in [-0.25, -0.2) is 8.78 Å². The molecular formula is C14H12ClF2N. The monoisotopic (exact) mass is 267 g/mol. The van der Waals surface area contributed by atoms with E-state index in [1.165, 1.54) is 24.3 Å². The molecular weight excluding hydrogens is 256 g/mol. The van der Waals surface area contributed by atoms with Crippen LogP contribution in [0, 0.1) is 11.6 Å². The molecule has 0 aromatic heterocycles. The van der Waals surface area contributed by atoms with Gasteiger partial charge in [0.2, 0.25) is 0 Å². The van der Waals surface area contributed by atoms with E-state index < -0.39 is 5.82 Å². The van der Waals surface area contributed by atoms with Gasteiger partial charge in [0.25, 0.3) is 0 Å². The van der Waals surface area contributed by atoms with Crippen LogP contribution in [-0.2, 0) is 6.42 Å². The van der Waals surface area contributed by atoms with E-state index in [0.717, 1.165) is 11.1 Å². The third-order valence-electron chi connectivity index (χ3n) is 2.74. The summed E-state index contributed by atoms with van der Waals surface area (Å²) >= 11 is 5.60. The van der Waals surface area contributed by atoms with E-state index in [9.17, 15) is 8.78 Å². The molecule has 0 heterocycles. The van der Waals surface area contributed by atoms with Crippen LogP contribution in [0.5, 0.6) is 0 Å². The van der Waals surface area contributed by atoms with Crippen molar-refractivity contribution in [3.63, 3.8) is 0 Å². The van der Waals surface area contributed by atoms with Crippen molar-refractivity contribution in [1.82, 2.24) is 0 Å². The quantitative estimate of drug-likeness (QED) is 0.898. The van der Waals surface area contributed by atoms with E-state index in [-0.39, 0.29) is 16.9 Å². The first-order valence-corrected chi connectivity index (χ1v) is 5.89. The summed E-state index contributed by atoms with van der Waals surface area (Å²) in [6, 6.07) is 10.3. The summed E-state index contributed by atoms with van der Waals surface area (Å²) in [5, 5.41) is 0.0918. The van der Waals surface area contributed by atoms with Gasteiger partial charge in [-0.2, -0.15) is 0 Å². The van der Waals surface area contributed by atoms with Gasteiger partial charge in [-0.15, -0.1) is 0 Å². The first kappa shape index (κ1) is 13.0. The Morgan fingerprint density at radius 2 is 1.72 bits per heavy atom. The second-order valence-electron chi connectivity index (χ2n) is 4.11. The molecule has 1 atom stereocenters. The number of rotatable bonds is 3. The fourth-order valence-corrected chi connectivity index (χ4v) is 1.87. The third kappa shape index (κ3) is 3.06. The van der Waals surface area contributed by atoms with Gasteiger partial charge < -0.3 is 5.73 Å². The van der Waals surface area contributed by atoms with E-state index in [1.807, 2.05) is 0 Å².